The SMILES string of the molecule is Cc1ccc(Cl)cc1N(CCCC(=O)N(Cc1ccc(F)cc1)C(Cc1ccccc1)C(=O)NC1CCCC1)S(C)(=O)=O. The van der Waals surface area contributed by atoms with E-state index >= 15 is 0 Å². The quantitative estimate of drug-likeness (QED) is 0.251. The molecule has 0 aromatic heterocycles. The minimum Gasteiger partial charge on any atom is -0.352 e. The Balaban J connectivity index is 1.59. The number of benzene rings is 3. The number of rotatable bonds is 13. The third-order valence-corrected chi connectivity index (χ3v) is 9.25. The van der Waals surface area contributed by atoms with Crippen molar-refractivity contribution in [1.29, 1.82) is 0 Å². The number of carbonyl (C=O) groups excluding carboxylic acids is 2. The van der Waals surface area contributed by atoms with E-state index in [9.17, 15) is 22.4 Å². The van der Waals surface area contributed by atoms with Gasteiger partial charge in [0.25, 0.3) is 0 Å². The molecule has 0 bridgehead atoms. The highest BCUT2D eigenvalue weighted by Gasteiger charge is 2.32. The molecule has 7 nitrogen and oxygen atoms in total. The van der Waals surface area contributed by atoms with E-state index < -0.39 is 21.9 Å². The smallest absolute Gasteiger partial charge is 0.243 e. The number of carbonyl (C=O) groups is 2. The molecular weight excluding hydrogens is 589 g/mol. The lowest BCUT2D eigenvalue weighted by molar-refractivity contribution is -0.141. The van der Waals surface area contributed by atoms with Crippen LogP contribution < -0.4 is 9.62 Å². The Morgan fingerprint density at radius 3 is 2.33 bits per heavy atom. The van der Waals surface area contributed by atoms with E-state index in [4.69, 9.17) is 11.6 Å². The molecular formula is C33H39ClFN3O4S. The standard InChI is InChI=1S/C33H39ClFN3O4S/c1-24-14-17-27(34)22-30(24)38(43(2,41)42)20-8-13-32(39)37(23-26-15-18-28(35)19-16-26)31(21-25-9-4-3-5-10-25)33(40)36-29-11-6-7-12-29/h3-5,9-10,14-19,22,29,31H,6-8,11-13,20-21,23H2,1-2H3,(H,36,40). The zero-order valence-corrected chi connectivity index (χ0v) is 26.2. The summed E-state index contributed by atoms with van der Waals surface area (Å²) >= 11 is 6.17. The Kier molecular flexibility index (Phi) is 11.2. The van der Waals surface area contributed by atoms with Gasteiger partial charge in [-0.2, -0.15) is 0 Å². The average Bonchev–Trinajstić information content (AvgIpc) is 3.48. The maximum atomic E-state index is 14.0. The summed E-state index contributed by atoms with van der Waals surface area (Å²) in [7, 11) is -3.66. The Morgan fingerprint density at radius 2 is 1.67 bits per heavy atom. The molecule has 4 rings (SSSR count). The summed E-state index contributed by atoms with van der Waals surface area (Å²) in [5.41, 5.74) is 2.80. The molecule has 0 saturated heterocycles. The lowest BCUT2D eigenvalue weighted by Gasteiger charge is -2.33. The van der Waals surface area contributed by atoms with Crippen molar-refractivity contribution in [1.82, 2.24) is 10.2 Å². The second-order valence-electron chi connectivity index (χ2n) is 11.2. The molecule has 1 aliphatic rings. The first-order valence-corrected chi connectivity index (χ1v) is 16.9. The Bertz CT molecular complexity index is 1500. The molecule has 1 unspecified atom stereocenters. The molecule has 0 radical (unpaired) electrons. The van der Waals surface area contributed by atoms with Crippen LogP contribution in [0.5, 0.6) is 0 Å². The van der Waals surface area contributed by atoms with Crippen molar-refractivity contribution in [3.8, 4) is 0 Å². The first kappa shape index (κ1) is 32.5. The Hall–Kier alpha value is -3.43. The number of nitrogens with zero attached hydrogens (tertiary/aromatic N) is 2. The van der Waals surface area contributed by atoms with Gasteiger partial charge >= 0.3 is 0 Å². The molecule has 1 atom stereocenters. The normalized spacial score (nSPS) is 14.3. The van der Waals surface area contributed by atoms with Crippen LogP contribution >= 0.6 is 11.6 Å². The van der Waals surface area contributed by atoms with Gasteiger partial charge in [0, 0.05) is 37.0 Å². The van der Waals surface area contributed by atoms with Crippen molar-refractivity contribution in [3.05, 3.63) is 100 Å². The van der Waals surface area contributed by atoms with Gasteiger partial charge in [0.15, 0.2) is 0 Å². The van der Waals surface area contributed by atoms with Gasteiger partial charge in [0.1, 0.15) is 11.9 Å². The Labute approximate surface area is 259 Å². The molecule has 3 aromatic rings. The largest absolute Gasteiger partial charge is 0.352 e. The molecule has 1 N–H and O–H groups in total. The minimum atomic E-state index is -3.66. The lowest BCUT2D eigenvalue weighted by Crippen LogP contribution is -2.52. The van der Waals surface area contributed by atoms with Crippen molar-refractivity contribution in [2.45, 2.75) is 70.5 Å². The first-order chi connectivity index (χ1) is 20.5. The summed E-state index contributed by atoms with van der Waals surface area (Å²) < 4.78 is 40.5. The molecule has 10 heteroatoms. The molecule has 0 aliphatic heterocycles. The number of hydrogen-bond donors (Lipinski definition) is 1. The molecule has 0 heterocycles. The van der Waals surface area contributed by atoms with Crippen molar-refractivity contribution >= 4 is 39.1 Å². The van der Waals surface area contributed by atoms with Crippen molar-refractivity contribution in [2.75, 3.05) is 17.1 Å². The predicted molar refractivity (Wildman–Crippen MR) is 169 cm³/mol. The second-order valence-corrected chi connectivity index (χ2v) is 13.6. The van der Waals surface area contributed by atoms with Crippen LogP contribution in [0.1, 0.15) is 55.2 Å². The van der Waals surface area contributed by atoms with Crippen molar-refractivity contribution < 1.29 is 22.4 Å². The van der Waals surface area contributed by atoms with Crippen molar-refractivity contribution in [3.63, 3.8) is 0 Å². The van der Waals surface area contributed by atoms with Gasteiger partial charge in [0.05, 0.1) is 11.9 Å². The second kappa shape index (κ2) is 14.8. The van der Waals surface area contributed by atoms with Crippen LogP contribution in [-0.2, 0) is 32.6 Å². The minimum absolute atomic E-state index is 0.00876. The highest BCUT2D eigenvalue weighted by Crippen LogP contribution is 2.27. The van der Waals surface area contributed by atoms with Crippen LogP contribution in [0.2, 0.25) is 5.02 Å². The summed E-state index contributed by atoms with van der Waals surface area (Å²) in [6.07, 6.45) is 5.57. The molecule has 0 spiro atoms. The lowest BCUT2D eigenvalue weighted by atomic mass is 10.0. The molecule has 43 heavy (non-hydrogen) atoms. The molecule has 230 valence electrons. The Morgan fingerprint density at radius 1 is 1.00 bits per heavy atom. The number of nitrogens with one attached hydrogen (secondary N) is 1. The third-order valence-electron chi connectivity index (χ3n) is 7.83. The van der Waals surface area contributed by atoms with Crippen molar-refractivity contribution in [2.24, 2.45) is 0 Å². The van der Waals surface area contributed by atoms with Crippen LogP contribution in [0.4, 0.5) is 10.1 Å². The molecule has 1 fully saturated rings. The number of hydrogen-bond acceptors (Lipinski definition) is 4. The molecule has 2 amide bonds. The van der Waals surface area contributed by atoms with Gasteiger partial charge in [-0.05, 0) is 67.1 Å². The highest BCUT2D eigenvalue weighted by molar-refractivity contribution is 7.92. The van der Waals surface area contributed by atoms with E-state index in [0.29, 0.717) is 22.7 Å². The van der Waals surface area contributed by atoms with E-state index in [2.05, 4.69) is 5.32 Å². The number of amides is 2. The monoisotopic (exact) mass is 627 g/mol. The summed E-state index contributed by atoms with van der Waals surface area (Å²) in [5, 5.41) is 3.57. The van der Waals surface area contributed by atoms with Crippen LogP contribution in [0.25, 0.3) is 0 Å². The van der Waals surface area contributed by atoms with Gasteiger partial charge < -0.3 is 10.2 Å². The highest BCUT2D eigenvalue weighted by atomic mass is 35.5. The van der Waals surface area contributed by atoms with E-state index in [-0.39, 0.29) is 43.8 Å². The van der Waals surface area contributed by atoms with Crippen LogP contribution in [-0.4, -0.2) is 50.0 Å². The first-order valence-electron chi connectivity index (χ1n) is 14.6. The van der Waals surface area contributed by atoms with E-state index in [0.717, 1.165) is 43.1 Å². The number of aryl methyl sites for hydroxylation is 1. The van der Waals surface area contributed by atoms with Gasteiger partial charge in [-0.3, -0.25) is 13.9 Å². The summed E-state index contributed by atoms with van der Waals surface area (Å²) in [4.78, 5) is 29.3. The van der Waals surface area contributed by atoms with Gasteiger partial charge in [-0.15, -0.1) is 0 Å². The number of sulfonamides is 1. The number of halogens is 2. The van der Waals surface area contributed by atoms with E-state index in [1.165, 1.54) is 16.4 Å². The van der Waals surface area contributed by atoms with Gasteiger partial charge in [-0.25, -0.2) is 12.8 Å². The maximum Gasteiger partial charge on any atom is 0.243 e. The summed E-state index contributed by atoms with van der Waals surface area (Å²) in [6, 6.07) is 19.7. The molecule has 3 aromatic carbocycles. The molecule has 1 saturated carbocycles. The van der Waals surface area contributed by atoms with Gasteiger partial charge in [-0.1, -0.05) is 73.0 Å². The van der Waals surface area contributed by atoms with E-state index in [1.807, 2.05) is 30.3 Å². The predicted octanol–water partition coefficient (Wildman–Crippen LogP) is 6.03. The zero-order chi connectivity index (χ0) is 31.0. The van der Waals surface area contributed by atoms with Crippen LogP contribution in [0.3, 0.4) is 0 Å². The number of anilines is 1. The third kappa shape index (κ3) is 9.28. The maximum absolute atomic E-state index is 14.0. The van der Waals surface area contributed by atoms with Crippen LogP contribution in [0, 0.1) is 12.7 Å². The average molecular weight is 628 g/mol. The fraction of sp³-hybridized carbons (Fsp3) is 0.394. The topological polar surface area (TPSA) is 86.8 Å². The molecule has 1 aliphatic carbocycles. The zero-order valence-electron chi connectivity index (χ0n) is 24.6. The van der Waals surface area contributed by atoms with Gasteiger partial charge in [0.2, 0.25) is 21.8 Å². The summed E-state index contributed by atoms with van der Waals surface area (Å²) in [5.74, 6) is -0.903. The fourth-order valence-corrected chi connectivity index (χ4v) is 6.72. The summed E-state index contributed by atoms with van der Waals surface area (Å²) in [6.45, 7) is 1.97. The van der Waals surface area contributed by atoms with E-state index in [1.54, 1.807) is 42.2 Å². The fourth-order valence-electron chi connectivity index (χ4n) is 5.54. The van der Waals surface area contributed by atoms with Crippen LogP contribution in [0.15, 0.2) is 72.8 Å².